The lowest BCUT2D eigenvalue weighted by Crippen LogP contribution is -2.38. The summed E-state index contributed by atoms with van der Waals surface area (Å²) in [6, 6.07) is 9.29. The highest BCUT2D eigenvalue weighted by Gasteiger charge is 2.33. The number of rotatable bonds is 2. The van der Waals surface area contributed by atoms with Crippen molar-refractivity contribution in [3.8, 4) is 0 Å². The van der Waals surface area contributed by atoms with Crippen LogP contribution in [0.25, 0.3) is 0 Å². The van der Waals surface area contributed by atoms with E-state index >= 15 is 0 Å². The second-order valence-corrected chi connectivity index (χ2v) is 6.94. The zero-order valence-corrected chi connectivity index (χ0v) is 12.6. The first kappa shape index (κ1) is 13.1. The van der Waals surface area contributed by atoms with Gasteiger partial charge < -0.3 is 0 Å². The van der Waals surface area contributed by atoms with Crippen molar-refractivity contribution in [1.82, 2.24) is 4.90 Å². The Hall–Kier alpha value is -0.340. The summed E-state index contributed by atoms with van der Waals surface area (Å²) < 4.78 is 1.24. The quantitative estimate of drug-likeness (QED) is 0.779. The first-order chi connectivity index (χ1) is 7.98. The van der Waals surface area contributed by atoms with Gasteiger partial charge in [0.1, 0.15) is 0 Å². The standard InChI is InChI=1S/C15H22BrN/c1-15(2,3)14-9-6-10-17(14)11-12-7-4-5-8-13(12)16/h4-5,7-8,14H,6,9-11H2,1-3H3/t14-/m0/s1. The maximum absolute atomic E-state index is 3.65. The van der Waals surface area contributed by atoms with Crippen molar-refractivity contribution in [3.63, 3.8) is 0 Å². The third kappa shape index (κ3) is 3.11. The average Bonchev–Trinajstić information content (AvgIpc) is 2.69. The molecule has 0 saturated carbocycles. The largest absolute Gasteiger partial charge is 0.296 e. The van der Waals surface area contributed by atoms with Crippen LogP contribution in [0.4, 0.5) is 0 Å². The minimum atomic E-state index is 0.387. The fourth-order valence-electron chi connectivity index (χ4n) is 2.84. The Morgan fingerprint density at radius 2 is 2.00 bits per heavy atom. The molecule has 2 rings (SSSR count). The van der Waals surface area contributed by atoms with E-state index in [-0.39, 0.29) is 0 Å². The summed E-state index contributed by atoms with van der Waals surface area (Å²) in [4.78, 5) is 2.64. The Bertz CT molecular complexity index is 381. The lowest BCUT2D eigenvalue weighted by atomic mass is 9.85. The smallest absolute Gasteiger partial charge is 0.0248 e. The summed E-state index contributed by atoms with van der Waals surface area (Å²) in [7, 11) is 0. The maximum Gasteiger partial charge on any atom is 0.0248 e. The molecule has 1 aromatic carbocycles. The molecule has 1 aromatic rings. The molecule has 0 bridgehead atoms. The maximum atomic E-state index is 3.65. The minimum absolute atomic E-state index is 0.387. The van der Waals surface area contributed by atoms with E-state index in [0.717, 1.165) is 12.6 Å². The van der Waals surface area contributed by atoms with Crippen LogP contribution in [-0.2, 0) is 6.54 Å². The van der Waals surface area contributed by atoms with Crippen molar-refractivity contribution in [2.45, 2.75) is 46.2 Å². The molecule has 17 heavy (non-hydrogen) atoms. The molecule has 0 radical (unpaired) electrons. The van der Waals surface area contributed by atoms with Crippen LogP contribution in [0.2, 0.25) is 0 Å². The van der Waals surface area contributed by atoms with Gasteiger partial charge in [-0.1, -0.05) is 54.9 Å². The van der Waals surface area contributed by atoms with Gasteiger partial charge in [-0.2, -0.15) is 0 Å². The number of hydrogen-bond donors (Lipinski definition) is 0. The summed E-state index contributed by atoms with van der Waals surface area (Å²) in [6.07, 6.45) is 2.68. The monoisotopic (exact) mass is 295 g/mol. The first-order valence-electron chi connectivity index (χ1n) is 6.46. The number of halogens is 1. The number of benzene rings is 1. The van der Waals surface area contributed by atoms with Crippen LogP contribution in [-0.4, -0.2) is 17.5 Å². The van der Waals surface area contributed by atoms with Crippen molar-refractivity contribution >= 4 is 15.9 Å². The molecular weight excluding hydrogens is 274 g/mol. The van der Waals surface area contributed by atoms with Gasteiger partial charge >= 0.3 is 0 Å². The summed E-state index contributed by atoms with van der Waals surface area (Å²) in [5.41, 5.74) is 1.79. The molecule has 1 fully saturated rings. The summed E-state index contributed by atoms with van der Waals surface area (Å²) in [5, 5.41) is 0. The predicted octanol–water partition coefficient (Wildman–Crippen LogP) is 4.46. The molecular formula is C15H22BrN. The van der Waals surface area contributed by atoms with Crippen LogP contribution in [0, 0.1) is 5.41 Å². The Kier molecular flexibility index (Phi) is 3.94. The van der Waals surface area contributed by atoms with E-state index in [9.17, 15) is 0 Å². The van der Waals surface area contributed by atoms with Crippen LogP contribution in [0.1, 0.15) is 39.2 Å². The Morgan fingerprint density at radius 1 is 1.29 bits per heavy atom. The second kappa shape index (κ2) is 5.11. The van der Waals surface area contributed by atoms with Gasteiger partial charge in [-0.3, -0.25) is 4.90 Å². The highest BCUT2D eigenvalue weighted by atomic mass is 79.9. The van der Waals surface area contributed by atoms with Crippen molar-refractivity contribution in [2.24, 2.45) is 5.41 Å². The van der Waals surface area contributed by atoms with Crippen LogP contribution in [0.5, 0.6) is 0 Å². The Balaban J connectivity index is 2.11. The molecule has 0 spiro atoms. The van der Waals surface area contributed by atoms with Gasteiger partial charge in [0.05, 0.1) is 0 Å². The van der Waals surface area contributed by atoms with Gasteiger partial charge in [-0.05, 0) is 36.4 Å². The van der Waals surface area contributed by atoms with Crippen LogP contribution in [0.15, 0.2) is 28.7 Å². The van der Waals surface area contributed by atoms with Gasteiger partial charge in [-0.25, -0.2) is 0 Å². The lowest BCUT2D eigenvalue weighted by molar-refractivity contribution is 0.134. The van der Waals surface area contributed by atoms with Crippen molar-refractivity contribution in [3.05, 3.63) is 34.3 Å². The fourth-order valence-corrected chi connectivity index (χ4v) is 3.25. The molecule has 0 aliphatic carbocycles. The molecule has 2 heteroatoms. The molecule has 1 saturated heterocycles. The molecule has 0 aromatic heterocycles. The van der Waals surface area contributed by atoms with Crippen molar-refractivity contribution < 1.29 is 0 Å². The Morgan fingerprint density at radius 3 is 2.65 bits per heavy atom. The van der Waals surface area contributed by atoms with Crippen LogP contribution < -0.4 is 0 Å². The third-order valence-electron chi connectivity index (χ3n) is 3.69. The normalized spacial score (nSPS) is 22.0. The number of hydrogen-bond acceptors (Lipinski definition) is 1. The zero-order valence-electron chi connectivity index (χ0n) is 11.0. The van der Waals surface area contributed by atoms with E-state index in [0.29, 0.717) is 5.41 Å². The molecule has 0 unspecified atom stereocenters. The molecule has 0 N–H and O–H groups in total. The van der Waals surface area contributed by atoms with Crippen LogP contribution >= 0.6 is 15.9 Å². The number of likely N-dealkylation sites (tertiary alicyclic amines) is 1. The van der Waals surface area contributed by atoms with Gasteiger partial charge in [-0.15, -0.1) is 0 Å². The van der Waals surface area contributed by atoms with E-state index in [1.807, 2.05) is 0 Å². The van der Waals surface area contributed by atoms with E-state index < -0.39 is 0 Å². The molecule has 1 aliphatic heterocycles. The highest BCUT2D eigenvalue weighted by molar-refractivity contribution is 9.10. The summed E-state index contributed by atoms with van der Waals surface area (Å²) in [5.74, 6) is 0. The SMILES string of the molecule is CC(C)(C)[C@@H]1CCCN1Cc1ccccc1Br. The number of nitrogens with zero attached hydrogens (tertiary/aromatic N) is 1. The van der Waals surface area contributed by atoms with Gasteiger partial charge in [0.25, 0.3) is 0 Å². The van der Waals surface area contributed by atoms with E-state index in [1.54, 1.807) is 0 Å². The second-order valence-electron chi connectivity index (χ2n) is 6.09. The van der Waals surface area contributed by atoms with Crippen LogP contribution in [0.3, 0.4) is 0 Å². The molecule has 94 valence electrons. The predicted molar refractivity (Wildman–Crippen MR) is 77.0 cm³/mol. The molecule has 1 aliphatic rings. The van der Waals surface area contributed by atoms with E-state index in [2.05, 4.69) is 65.9 Å². The van der Waals surface area contributed by atoms with Gasteiger partial charge in [0.2, 0.25) is 0 Å². The van der Waals surface area contributed by atoms with Crippen molar-refractivity contribution in [2.75, 3.05) is 6.54 Å². The van der Waals surface area contributed by atoms with Gasteiger partial charge in [0, 0.05) is 17.1 Å². The summed E-state index contributed by atoms with van der Waals surface area (Å²) >= 11 is 3.65. The fraction of sp³-hybridized carbons (Fsp3) is 0.600. The highest BCUT2D eigenvalue weighted by Crippen LogP contribution is 2.34. The molecule has 1 heterocycles. The minimum Gasteiger partial charge on any atom is -0.296 e. The van der Waals surface area contributed by atoms with Crippen molar-refractivity contribution in [1.29, 1.82) is 0 Å². The van der Waals surface area contributed by atoms with Gasteiger partial charge in [0.15, 0.2) is 0 Å². The van der Waals surface area contributed by atoms with E-state index in [1.165, 1.54) is 29.4 Å². The lowest BCUT2D eigenvalue weighted by Gasteiger charge is -2.35. The Labute approximate surface area is 113 Å². The van der Waals surface area contributed by atoms with E-state index in [4.69, 9.17) is 0 Å². The third-order valence-corrected chi connectivity index (χ3v) is 4.47. The molecule has 1 atom stereocenters. The molecule has 1 nitrogen and oxygen atoms in total. The average molecular weight is 296 g/mol. The summed E-state index contributed by atoms with van der Waals surface area (Å²) in [6.45, 7) is 9.38. The topological polar surface area (TPSA) is 3.24 Å². The first-order valence-corrected chi connectivity index (χ1v) is 7.25. The zero-order chi connectivity index (χ0) is 12.5. The molecule has 0 amide bonds.